The molecule has 0 spiro atoms. The van der Waals surface area contributed by atoms with Crippen molar-refractivity contribution in [3.63, 3.8) is 0 Å². The first-order valence-corrected chi connectivity index (χ1v) is 6.93. The number of nitrogens with zero attached hydrogens (tertiary/aromatic N) is 2. The van der Waals surface area contributed by atoms with Crippen LogP contribution in [0.3, 0.4) is 0 Å². The second-order valence-corrected chi connectivity index (χ2v) is 5.22. The summed E-state index contributed by atoms with van der Waals surface area (Å²) in [6.07, 6.45) is 4.07. The summed E-state index contributed by atoms with van der Waals surface area (Å²) in [5, 5.41) is 3.01. The van der Waals surface area contributed by atoms with E-state index >= 15 is 0 Å². The van der Waals surface area contributed by atoms with Crippen molar-refractivity contribution in [2.45, 2.75) is 19.4 Å². The molecule has 1 atom stereocenters. The van der Waals surface area contributed by atoms with Gasteiger partial charge in [0.05, 0.1) is 0 Å². The first kappa shape index (κ1) is 13.8. The Hall–Kier alpha value is -1.62. The van der Waals surface area contributed by atoms with Crippen LogP contribution < -0.4 is 5.32 Å². The summed E-state index contributed by atoms with van der Waals surface area (Å²) in [4.78, 5) is 16.1. The van der Waals surface area contributed by atoms with Gasteiger partial charge in [-0.15, -0.1) is 0 Å². The minimum Gasteiger partial charge on any atom is -0.342 e. The zero-order valence-electron chi connectivity index (χ0n) is 10.9. The minimum absolute atomic E-state index is 0.0101. The third-order valence-electron chi connectivity index (χ3n) is 2.95. The molecule has 1 N–H and O–H groups in total. The highest BCUT2D eigenvalue weighted by Crippen LogP contribution is 2.22. The first-order valence-electron chi connectivity index (χ1n) is 6.14. The summed E-state index contributed by atoms with van der Waals surface area (Å²) in [7, 11) is 1.92. The number of aromatic nitrogens is 2. The van der Waals surface area contributed by atoms with Gasteiger partial charge in [0.1, 0.15) is 11.9 Å². The highest BCUT2D eigenvalue weighted by atomic mass is 79.9. The van der Waals surface area contributed by atoms with E-state index in [4.69, 9.17) is 0 Å². The van der Waals surface area contributed by atoms with E-state index in [1.807, 2.05) is 49.0 Å². The van der Waals surface area contributed by atoms with Gasteiger partial charge in [0.15, 0.2) is 0 Å². The Bertz CT molecular complexity index is 562. The lowest BCUT2D eigenvalue weighted by atomic mass is 10.1. The Morgan fingerprint density at radius 2 is 2.11 bits per heavy atom. The van der Waals surface area contributed by atoms with Gasteiger partial charge < -0.3 is 9.88 Å². The number of nitrogens with one attached hydrogen (secondary N) is 1. The topological polar surface area (TPSA) is 46.9 Å². The molecule has 0 saturated carbocycles. The predicted octanol–water partition coefficient (Wildman–Crippen LogP) is 2.80. The van der Waals surface area contributed by atoms with E-state index in [9.17, 15) is 4.79 Å². The Balaban J connectivity index is 2.37. The average molecular weight is 322 g/mol. The lowest BCUT2D eigenvalue weighted by molar-refractivity contribution is -0.121. The molecule has 0 aliphatic rings. The summed E-state index contributed by atoms with van der Waals surface area (Å²) in [5.74, 6) is 0.833. The molecular formula is C14H16BrN3O. The zero-order chi connectivity index (χ0) is 13.8. The fraction of sp³-hybridized carbons (Fsp3) is 0.286. The Morgan fingerprint density at radius 1 is 1.42 bits per heavy atom. The highest BCUT2D eigenvalue weighted by Gasteiger charge is 2.19. The van der Waals surface area contributed by atoms with Crippen LogP contribution in [0.5, 0.6) is 0 Å². The number of rotatable bonds is 4. The van der Waals surface area contributed by atoms with E-state index < -0.39 is 0 Å². The van der Waals surface area contributed by atoms with Crippen LogP contribution in [0.1, 0.15) is 30.8 Å². The Labute approximate surface area is 121 Å². The van der Waals surface area contributed by atoms with Gasteiger partial charge >= 0.3 is 0 Å². The fourth-order valence-electron chi connectivity index (χ4n) is 1.87. The summed E-state index contributed by atoms with van der Waals surface area (Å²) in [6.45, 7) is 1.84. The first-order chi connectivity index (χ1) is 9.11. The van der Waals surface area contributed by atoms with Crippen LogP contribution in [-0.4, -0.2) is 15.5 Å². The van der Waals surface area contributed by atoms with Crippen molar-refractivity contribution in [3.8, 4) is 0 Å². The monoisotopic (exact) mass is 321 g/mol. The maximum Gasteiger partial charge on any atom is 0.220 e. The second kappa shape index (κ2) is 6.02. The van der Waals surface area contributed by atoms with Gasteiger partial charge in [-0.25, -0.2) is 4.98 Å². The quantitative estimate of drug-likeness (QED) is 0.941. The standard InChI is InChI=1S/C14H16BrN3O/c1-3-12(19)17-13(14-16-8-9-18(14)2)10-4-6-11(15)7-5-10/h4-9,13H,3H2,1-2H3,(H,17,19). The van der Waals surface area contributed by atoms with Crippen LogP contribution in [0.15, 0.2) is 41.1 Å². The number of carbonyl (C=O) groups is 1. The van der Waals surface area contributed by atoms with Gasteiger partial charge in [-0.3, -0.25) is 4.79 Å². The molecule has 1 heterocycles. The molecule has 1 aromatic carbocycles. The molecule has 19 heavy (non-hydrogen) atoms. The summed E-state index contributed by atoms with van der Waals surface area (Å²) < 4.78 is 2.93. The van der Waals surface area contributed by atoms with Crippen LogP contribution >= 0.6 is 15.9 Å². The molecule has 1 aromatic heterocycles. The van der Waals surface area contributed by atoms with E-state index in [0.29, 0.717) is 6.42 Å². The number of carbonyl (C=O) groups excluding carboxylic acids is 1. The minimum atomic E-state index is -0.222. The normalized spacial score (nSPS) is 12.2. The molecule has 2 aromatic rings. The fourth-order valence-corrected chi connectivity index (χ4v) is 2.13. The third kappa shape index (κ3) is 3.23. The lowest BCUT2D eigenvalue weighted by Crippen LogP contribution is -2.30. The van der Waals surface area contributed by atoms with Crippen molar-refractivity contribution in [2.24, 2.45) is 7.05 Å². The van der Waals surface area contributed by atoms with E-state index in [1.54, 1.807) is 6.20 Å². The molecule has 0 bridgehead atoms. The molecule has 0 saturated heterocycles. The van der Waals surface area contributed by atoms with Crippen LogP contribution in [-0.2, 0) is 11.8 Å². The van der Waals surface area contributed by atoms with Crippen LogP contribution in [0.4, 0.5) is 0 Å². The molecule has 0 fully saturated rings. The van der Waals surface area contributed by atoms with Crippen molar-refractivity contribution in [1.29, 1.82) is 0 Å². The van der Waals surface area contributed by atoms with Crippen molar-refractivity contribution in [1.82, 2.24) is 14.9 Å². The van der Waals surface area contributed by atoms with Crippen LogP contribution in [0.2, 0.25) is 0 Å². The Morgan fingerprint density at radius 3 is 2.63 bits per heavy atom. The van der Waals surface area contributed by atoms with E-state index in [1.165, 1.54) is 0 Å². The van der Waals surface area contributed by atoms with Gasteiger partial charge in [0, 0.05) is 30.3 Å². The molecule has 1 amide bonds. The predicted molar refractivity (Wildman–Crippen MR) is 77.6 cm³/mol. The van der Waals surface area contributed by atoms with Crippen molar-refractivity contribution in [2.75, 3.05) is 0 Å². The summed E-state index contributed by atoms with van der Waals surface area (Å²) >= 11 is 3.41. The van der Waals surface area contributed by atoms with Crippen LogP contribution in [0, 0.1) is 0 Å². The number of amides is 1. The Kier molecular flexibility index (Phi) is 4.37. The number of hydrogen-bond acceptors (Lipinski definition) is 2. The van der Waals surface area contributed by atoms with E-state index in [-0.39, 0.29) is 11.9 Å². The van der Waals surface area contributed by atoms with Crippen molar-refractivity contribution >= 4 is 21.8 Å². The molecule has 0 aliphatic heterocycles. The molecule has 100 valence electrons. The van der Waals surface area contributed by atoms with E-state index in [0.717, 1.165) is 15.9 Å². The molecule has 0 aliphatic carbocycles. The second-order valence-electron chi connectivity index (χ2n) is 4.30. The van der Waals surface area contributed by atoms with Crippen molar-refractivity contribution < 1.29 is 4.79 Å². The molecule has 1 unspecified atom stereocenters. The van der Waals surface area contributed by atoms with Gasteiger partial charge in [-0.1, -0.05) is 35.0 Å². The number of halogens is 1. The highest BCUT2D eigenvalue weighted by molar-refractivity contribution is 9.10. The van der Waals surface area contributed by atoms with E-state index in [2.05, 4.69) is 26.2 Å². The molecule has 5 heteroatoms. The van der Waals surface area contributed by atoms with Gasteiger partial charge in [-0.2, -0.15) is 0 Å². The SMILES string of the molecule is CCC(=O)NC(c1ccc(Br)cc1)c1nccn1C. The molecule has 2 rings (SSSR count). The van der Waals surface area contributed by atoms with Gasteiger partial charge in [0.25, 0.3) is 0 Å². The van der Waals surface area contributed by atoms with Gasteiger partial charge in [0.2, 0.25) is 5.91 Å². The molecule has 0 radical (unpaired) electrons. The maximum absolute atomic E-state index is 11.7. The largest absolute Gasteiger partial charge is 0.342 e. The lowest BCUT2D eigenvalue weighted by Gasteiger charge is -2.19. The summed E-state index contributed by atoms with van der Waals surface area (Å²) in [5.41, 5.74) is 1.01. The number of hydrogen-bond donors (Lipinski definition) is 1. The smallest absolute Gasteiger partial charge is 0.220 e. The van der Waals surface area contributed by atoms with Crippen LogP contribution in [0.25, 0.3) is 0 Å². The average Bonchev–Trinajstić information content (AvgIpc) is 2.83. The molecular weight excluding hydrogens is 306 g/mol. The third-order valence-corrected chi connectivity index (χ3v) is 3.48. The summed E-state index contributed by atoms with van der Waals surface area (Å²) in [6, 6.07) is 7.67. The number of imidazole rings is 1. The van der Waals surface area contributed by atoms with Gasteiger partial charge in [-0.05, 0) is 17.7 Å². The number of aryl methyl sites for hydroxylation is 1. The molecule has 4 nitrogen and oxygen atoms in total. The number of benzene rings is 1. The van der Waals surface area contributed by atoms with Crippen molar-refractivity contribution in [3.05, 3.63) is 52.5 Å². The maximum atomic E-state index is 11.7. The zero-order valence-corrected chi connectivity index (χ0v) is 12.5.